The maximum absolute atomic E-state index is 12.6. The molecule has 0 aromatic heterocycles. The molecule has 0 aliphatic heterocycles. The van der Waals surface area contributed by atoms with Crippen LogP contribution in [-0.2, 0) is 14.8 Å². The lowest BCUT2D eigenvalue weighted by atomic mass is 10.2. The number of nitrogens with zero attached hydrogens (tertiary/aromatic N) is 2. The largest absolute Gasteiger partial charge is 0.305 e. The predicted octanol–water partition coefficient (Wildman–Crippen LogP) is 1.83. The minimum Gasteiger partial charge on any atom is -0.305 e. The van der Waals surface area contributed by atoms with Crippen LogP contribution >= 0.6 is 11.6 Å². The van der Waals surface area contributed by atoms with Crippen LogP contribution in [0.1, 0.15) is 0 Å². The van der Waals surface area contributed by atoms with Crippen LogP contribution in [0.5, 0.6) is 0 Å². The lowest BCUT2D eigenvalue weighted by Gasteiger charge is -2.24. The first-order valence-electron chi connectivity index (χ1n) is 5.86. The topological polar surface area (TPSA) is 57.7 Å². The van der Waals surface area contributed by atoms with E-state index >= 15 is 0 Å². The van der Waals surface area contributed by atoms with E-state index in [0.717, 1.165) is 15.5 Å². The smallest absolute Gasteiger partial charge is 0.256 e. The van der Waals surface area contributed by atoms with Crippen LogP contribution in [0.25, 0.3) is 0 Å². The van der Waals surface area contributed by atoms with Gasteiger partial charge < -0.3 is 4.90 Å². The van der Waals surface area contributed by atoms with Crippen molar-refractivity contribution in [2.75, 3.05) is 31.3 Å². The standard InChI is InChI=1S/C12H15ClF2N2O3S/c1-16(21(2,19)20)8-12(18)17(7-11(14)15)10-5-3-4-9(13)6-10/h3-6,11H,7-8H2,1-2H3. The first kappa shape index (κ1) is 17.8. The Labute approximate surface area is 127 Å². The summed E-state index contributed by atoms with van der Waals surface area (Å²) in [6.07, 6.45) is -1.83. The van der Waals surface area contributed by atoms with E-state index in [0.29, 0.717) is 0 Å². The average molecular weight is 341 g/mol. The molecule has 0 heterocycles. The van der Waals surface area contributed by atoms with Gasteiger partial charge >= 0.3 is 0 Å². The van der Waals surface area contributed by atoms with E-state index in [1.165, 1.54) is 25.2 Å². The molecule has 0 spiro atoms. The molecule has 0 aliphatic rings. The normalized spacial score (nSPS) is 12.0. The van der Waals surface area contributed by atoms with Gasteiger partial charge in [0.1, 0.15) is 0 Å². The quantitative estimate of drug-likeness (QED) is 0.794. The Kier molecular flexibility index (Phi) is 6.06. The molecule has 1 aromatic carbocycles. The van der Waals surface area contributed by atoms with Crippen molar-refractivity contribution in [1.29, 1.82) is 0 Å². The highest BCUT2D eigenvalue weighted by Gasteiger charge is 2.24. The zero-order valence-electron chi connectivity index (χ0n) is 11.5. The number of alkyl halides is 2. The van der Waals surface area contributed by atoms with Crippen LogP contribution in [0.3, 0.4) is 0 Å². The fraction of sp³-hybridized carbons (Fsp3) is 0.417. The lowest BCUT2D eigenvalue weighted by molar-refractivity contribution is -0.119. The number of carbonyl (C=O) groups is 1. The number of likely N-dealkylation sites (N-methyl/N-ethyl adjacent to an activating group) is 1. The van der Waals surface area contributed by atoms with Gasteiger partial charge in [0.05, 0.1) is 19.3 Å². The maximum Gasteiger partial charge on any atom is 0.256 e. The van der Waals surface area contributed by atoms with Crippen molar-refractivity contribution in [3.05, 3.63) is 29.3 Å². The van der Waals surface area contributed by atoms with Gasteiger partial charge in [0.25, 0.3) is 6.43 Å². The van der Waals surface area contributed by atoms with Crippen molar-refractivity contribution >= 4 is 33.2 Å². The molecule has 9 heteroatoms. The van der Waals surface area contributed by atoms with Gasteiger partial charge in [0.2, 0.25) is 15.9 Å². The van der Waals surface area contributed by atoms with Crippen LogP contribution in [0, 0.1) is 0 Å². The molecule has 1 amide bonds. The SMILES string of the molecule is CN(CC(=O)N(CC(F)F)c1cccc(Cl)c1)S(C)(=O)=O. The second-order valence-electron chi connectivity index (χ2n) is 4.39. The highest BCUT2D eigenvalue weighted by molar-refractivity contribution is 7.88. The molecule has 118 valence electrons. The Balaban J connectivity index is 3.00. The monoisotopic (exact) mass is 340 g/mol. The summed E-state index contributed by atoms with van der Waals surface area (Å²) in [4.78, 5) is 12.9. The minimum atomic E-state index is -3.58. The summed E-state index contributed by atoms with van der Waals surface area (Å²) in [5, 5.41) is 0.288. The Bertz CT molecular complexity index is 610. The molecule has 1 aromatic rings. The molecule has 0 bridgehead atoms. The summed E-state index contributed by atoms with van der Waals surface area (Å²) < 4.78 is 48.7. The van der Waals surface area contributed by atoms with Crippen molar-refractivity contribution < 1.29 is 22.0 Å². The summed E-state index contributed by atoms with van der Waals surface area (Å²) in [5.74, 6) is -0.759. The van der Waals surface area contributed by atoms with Crippen molar-refractivity contribution in [2.45, 2.75) is 6.43 Å². The fourth-order valence-corrected chi connectivity index (χ4v) is 2.06. The van der Waals surface area contributed by atoms with Gasteiger partial charge in [-0.15, -0.1) is 0 Å². The minimum absolute atomic E-state index is 0.190. The number of carbonyl (C=O) groups excluding carboxylic acids is 1. The molecule has 0 radical (unpaired) electrons. The molecule has 0 N–H and O–H groups in total. The summed E-state index contributed by atoms with van der Waals surface area (Å²) in [7, 11) is -2.38. The molecular formula is C12H15ClF2N2O3S. The summed E-state index contributed by atoms with van der Waals surface area (Å²) in [5.41, 5.74) is 0.190. The number of sulfonamides is 1. The van der Waals surface area contributed by atoms with Crippen LogP contribution in [0.2, 0.25) is 5.02 Å². The van der Waals surface area contributed by atoms with Gasteiger partial charge in [-0.25, -0.2) is 17.2 Å². The third-order valence-electron chi connectivity index (χ3n) is 2.67. The number of rotatable bonds is 6. The van der Waals surface area contributed by atoms with E-state index in [1.54, 1.807) is 6.07 Å². The van der Waals surface area contributed by atoms with Crippen LogP contribution in [0.15, 0.2) is 24.3 Å². The summed E-state index contributed by atoms with van der Waals surface area (Å²) >= 11 is 5.78. The Morgan fingerprint density at radius 1 is 1.38 bits per heavy atom. The van der Waals surface area contributed by atoms with Gasteiger partial charge in [-0.3, -0.25) is 4.79 Å². The van der Waals surface area contributed by atoms with Crippen LogP contribution in [0.4, 0.5) is 14.5 Å². The average Bonchev–Trinajstić information content (AvgIpc) is 2.34. The molecule has 21 heavy (non-hydrogen) atoms. The first-order valence-corrected chi connectivity index (χ1v) is 8.09. The number of halogens is 3. The number of hydrogen-bond acceptors (Lipinski definition) is 3. The summed E-state index contributed by atoms with van der Waals surface area (Å²) in [6, 6.07) is 5.87. The zero-order valence-corrected chi connectivity index (χ0v) is 13.0. The van der Waals surface area contributed by atoms with Gasteiger partial charge in [-0.05, 0) is 18.2 Å². The van der Waals surface area contributed by atoms with Gasteiger partial charge in [-0.1, -0.05) is 17.7 Å². The molecule has 0 atom stereocenters. The second-order valence-corrected chi connectivity index (χ2v) is 6.92. The van der Waals surface area contributed by atoms with E-state index in [1.807, 2.05) is 0 Å². The van der Waals surface area contributed by atoms with Crippen molar-refractivity contribution in [3.63, 3.8) is 0 Å². The predicted molar refractivity (Wildman–Crippen MR) is 77.3 cm³/mol. The van der Waals surface area contributed by atoms with Gasteiger partial charge in [0.15, 0.2) is 0 Å². The second kappa shape index (κ2) is 7.15. The lowest BCUT2D eigenvalue weighted by Crippen LogP contribution is -2.43. The van der Waals surface area contributed by atoms with E-state index in [4.69, 9.17) is 11.6 Å². The third-order valence-corrected chi connectivity index (χ3v) is 4.16. The van der Waals surface area contributed by atoms with E-state index in [2.05, 4.69) is 0 Å². The van der Waals surface area contributed by atoms with Crippen molar-refractivity contribution in [3.8, 4) is 0 Å². The van der Waals surface area contributed by atoms with E-state index in [9.17, 15) is 22.0 Å². The first-order chi connectivity index (χ1) is 9.61. The number of anilines is 1. The summed E-state index contributed by atoms with van der Waals surface area (Å²) in [6.45, 7) is -1.37. The number of benzene rings is 1. The van der Waals surface area contributed by atoms with E-state index in [-0.39, 0.29) is 10.7 Å². The van der Waals surface area contributed by atoms with Gasteiger partial charge in [-0.2, -0.15) is 4.31 Å². The number of amides is 1. The molecule has 0 fully saturated rings. The van der Waals surface area contributed by atoms with E-state index < -0.39 is 35.4 Å². The Hall–Kier alpha value is -1.25. The highest BCUT2D eigenvalue weighted by Crippen LogP contribution is 2.21. The highest BCUT2D eigenvalue weighted by atomic mass is 35.5. The van der Waals surface area contributed by atoms with Crippen molar-refractivity contribution in [2.24, 2.45) is 0 Å². The molecule has 0 saturated heterocycles. The van der Waals surface area contributed by atoms with Crippen LogP contribution < -0.4 is 4.90 Å². The molecule has 5 nitrogen and oxygen atoms in total. The fourth-order valence-electron chi connectivity index (χ4n) is 1.53. The molecule has 0 saturated carbocycles. The van der Waals surface area contributed by atoms with Crippen molar-refractivity contribution in [1.82, 2.24) is 4.31 Å². The molecule has 0 aliphatic carbocycles. The molecule has 0 unspecified atom stereocenters. The number of hydrogen-bond donors (Lipinski definition) is 0. The third kappa shape index (κ3) is 5.56. The Morgan fingerprint density at radius 2 is 2.00 bits per heavy atom. The molecular weight excluding hydrogens is 326 g/mol. The maximum atomic E-state index is 12.6. The van der Waals surface area contributed by atoms with Gasteiger partial charge in [0, 0.05) is 17.8 Å². The zero-order chi connectivity index (χ0) is 16.2. The molecule has 1 rings (SSSR count). The van der Waals surface area contributed by atoms with Crippen LogP contribution in [-0.4, -0.2) is 51.4 Å². The Morgan fingerprint density at radius 3 is 2.48 bits per heavy atom.